The molecule has 0 saturated heterocycles. The van der Waals surface area contributed by atoms with Crippen molar-refractivity contribution in [1.82, 2.24) is 0 Å². The van der Waals surface area contributed by atoms with Gasteiger partial charge >= 0.3 is 5.97 Å². The Balaban J connectivity index is 3.01. The number of hydrogen-bond donors (Lipinski definition) is 1. The van der Waals surface area contributed by atoms with Crippen LogP contribution in [0.25, 0.3) is 4.85 Å². The monoisotopic (exact) mass is 176 g/mol. The van der Waals surface area contributed by atoms with Gasteiger partial charge in [0, 0.05) is 5.56 Å². The number of carbonyl (C=O) groups is 2. The van der Waals surface area contributed by atoms with Crippen LogP contribution in [0.3, 0.4) is 0 Å². The zero-order valence-electron chi connectivity index (χ0n) is 6.52. The molecule has 0 amide bonds. The third-order valence-electron chi connectivity index (χ3n) is 1.45. The highest BCUT2D eigenvalue weighted by atomic mass is 16.4. The molecule has 1 aromatic carbocycles. The van der Waals surface area contributed by atoms with Gasteiger partial charge in [0.25, 0.3) is 5.78 Å². The van der Waals surface area contributed by atoms with Gasteiger partial charge in [0.05, 0.1) is 6.57 Å². The quantitative estimate of drug-likeness (QED) is 0.321. The van der Waals surface area contributed by atoms with Crippen LogP contribution in [-0.4, -0.2) is 16.9 Å². The highest BCUT2D eigenvalue weighted by Gasteiger charge is 2.13. The van der Waals surface area contributed by atoms with Gasteiger partial charge in [0.2, 0.25) is 0 Å². The predicted molar refractivity (Wildman–Crippen MR) is 44.7 cm³/mol. The lowest BCUT2D eigenvalue weighted by molar-refractivity contribution is -0.131. The summed E-state index contributed by atoms with van der Waals surface area (Å²) in [6, 6.07) is 5.46. The van der Waals surface area contributed by atoms with Crippen molar-refractivity contribution in [3.05, 3.63) is 41.2 Å². The summed E-state index contributed by atoms with van der Waals surface area (Å²) < 4.78 is 0. The van der Waals surface area contributed by atoms with Gasteiger partial charge in [-0.1, -0.05) is 24.3 Å². The Morgan fingerprint density at radius 1 is 1.23 bits per heavy atom. The molecule has 0 aromatic heterocycles. The number of carboxylic acid groups (broad SMARTS) is 1. The number of aliphatic carboxylic acids is 1. The van der Waals surface area contributed by atoms with E-state index in [1.54, 1.807) is 0 Å². The van der Waals surface area contributed by atoms with Gasteiger partial charge in [-0.15, -0.1) is 0 Å². The van der Waals surface area contributed by atoms with Gasteiger partial charge < -0.3 is 5.11 Å². The third-order valence-corrected chi connectivity index (χ3v) is 1.45. The van der Waals surface area contributed by atoms with Gasteiger partial charge in [-0.05, 0) is 0 Å². The lowest BCUT2D eigenvalue weighted by atomic mass is 10.2. The second-order valence-electron chi connectivity index (χ2n) is 2.29. The van der Waals surface area contributed by atoms with Crippen molar-refractivity contribution in [2.45, 2.75) is 0 Å². The molecule has 0 aliphatic carbocycles. The summed E-state index contributed by atoms with van der Waals surface area (Å²) in [5, 5.41) is 8.35. The van der Waals surface area contributed by atoms with Gasteiger partial charge in [-0.25, -0.2) is 9.64 Å². The van der Waals surface area contributed by atoms with E-state index in [0.717, 1.165) is 0 Å². The Hall–Kier alpha value is -2.15. The first-order valence-corrected chi connectivity index (χ1v) is 3.40. The van der Waals surface area contributed by atoms with Crippen molar-refractivity contribution < 1.29 is 14.7 Å². The van der Waals surface area contributed by atoms with Crippen molar-refractivity contribution in [1.29, 1.82) is 0 Å². The molecule has 0 atom stereocenters. The van der Waals surface area contributed by atoms with E-state index in [-0.39, 0.29) is 5.56 Å². The normalized spacial score (nSPS) is 8.85. The van der Waals surface area contributed by atoms with Crippen molar-refractivity contribution in [2.75, 3.05) is 0 Å². The van der Waals surface area contributed by atoms with E-state index in [1.165, 1.54) is 24.3 Å². The van der Waals surface area contributed by atoms with Crippen LogP contribution >= 0.6 is 0 Å². The highest BCUT2D eigenvalue weighted by Crippen LogP contribution is 2.12. The fourth-order valence-electron chi connectivity index (χ4n) is 0.811. The van der Waals surface area contributed by atoms with Crippen LogP contribution in [0.4, 0.5) is 5.69 Å². The fourth-order valence-corrected chi connectivity index (χ4v) is 0.811. The van der Waals surface area contributed by atoms with Crippen LogP contribution in [0.5, 0.6) is 0 Å². The van der Waals surface area contributed by atoms with Crippen LogP contribution in [0.1, 0.15) is 10.4 Å². The maximum absolute atomic E-state index is 10.9. The summed E-state index contributed by atoms with van der Waals surface area (Å²) in [5.74, 6) is -2.45. The number of benzene rings is 1. The molecule has 13 heavy (non-hydrogen) atoms. The SMILES string of the molecule is [C-]#[N+]c1ccc([13C](=O)C(=O)O)cc1. The molecule has 0 aliphatic heterocycles. The largest absolute Gasteiger partial charge is 0.475 e. The van der Waals surface area contributed by atoms with E-state index in [2.05, 4.69) is 4.85 Å². The van der Waals surface area contributed by atoms with E-state index < -0.39 is 11.8 Å². The average Bonchev–Trinajstić information content (AvgIpc) is 2.17. The van der Waals surface area contributed by atoms with Crippen molar-refractivity contribution in [3.8, 4) is 0 Å². The van der Waals surface area contributed by atoms with Crippen LogP contribution in [0, 0.1) is 6.57 Å². The third kappa shape index (κ3) is 1.91. The minimum Gasteiger partial charge on any atom is -0.475 e. The van der Waals surface area contributed by atoms with Crippen LogP contribution in [-0.2, 0) is 4.79 Å². The van der Waals surface area contributed by atoms with E-state index in [9.17, 15) is 9.59 Å². The van der Waals surface area contributed by atoms with Crippen LogP contribution < -0.4 is 0 Å². The number of carboxylic acids is 1. The van der Waals surface area contributed by atoms with E-state index in [0.29, 0.717) is 5.69 Å². The minimum atomic E-state index is -1.49. The topological polar surface area (TPSA) is 58.7 Å². The molecule has 0 saturated carbocycles. The van der Waals surface area contributed by atoms with Crippen molar-refractivity contribution in [3.63, 3.8) is 0 Å². The first kappa shape index (κ1) is 8.94. The number of Topliss-reactive ketones (excluding diaryl/α,β-unsaturated/α-hetero) is 1. The molecular weight excluding hydrogens is 171 g/mol. The second kappa shape index (κ2) is 3.50. The molecular formula is C9H5NO3. The lowest BCUT2D eigenvalue weighted by Crippen LogP contribution is -2.12. The Bertz CT molecular complexity index is 386. The summed E-state index contributed by atoms with van der Waals surface area (Å²) in [7, 11) is 0. The van der Waals surface area contributed by atoms with Crippen LogP contribution in [0.15, 0.2) is 24.3 Å². The Morgan fingerprint density at radius 3 is 2.15 bits per heavy atom. The zero-order valence-corrected chi connectivity index (χ0v) is 6.52. The molecule has 0 bridgehead atoms. The fraction of sp³-hybridized carbons (Fsp3) is 0. The molecule has 64 valence electrons. The number of carbonyl (C=O) groups excluding carboxylic acids is 1. The number of ketones is 1. The number of hydrogen-bond acceptors (Lipinski definition) is 2. The summed E-state index contributed by atoms with van der Waals surface area (Å²) >= 11 is 0. The molecule has 1 rings (SSSR count). The maximum Gasteiger partial charge on any atom is 0.377 e. The van der Waals surface area contributed by atoms with Gasteiger partial charge in [0.15, 0.2) is 5.69 Å². The maximum atomic E-state index is 10.9. The molecule has 0 unspecified atom stereocenters. The standard InChI is InChI=1S/C9H5NO3/c1-10-7-4-2-6(3-5-7)8(11)9(12)13/h2-5H,(H,12,13)/i8+1. The average molecular weight is 176 g/mol. The molecule has 1 N–H and O–H groups in total. The van der Waals surface area contributed by atoms with Crippen molar-refractivity contribution >= 4 is 17.4 Å². The van der Waals surface area contributed by atoms with Crippen molar-refractivity contribution in [2.24, 2.45) is 0 Å². The van der Waals surface area contributed by atoms with E-state index in [4.69, 9.17) is 11.7 Å². The summed E-state index contributed by atoms with van der Waals surface area (Å²) in [4.78, 5) is 24.2. The van der Waals surface area contributed by atoms with Gasteiger partial charge in [-0.3, -0.25) is 4.79 Å². The second-order valence-corrected chi connectivity index (χ2v) is 2.29. The molecule has 0 aliphatic rings. The first-order chi connectivity index (χ1) is 6.15. The molecule has 0 fully saturated rings. The predicted octanol–water partition coefficient (Wildman–Crippen LogP) is 1.50. The molecule has 0 heterocycles. The smallest absolute Gasteiger partial charge is 0.377 e. The molecule has 0 radical (unpaired) electrons. The molecule has 4 heteroatoms. The minimum absolute atomic E-state index is 0.0832. The molecule has 1 aromatic rings. The highest BCUT2D eigenvalue weighted by molar-refractivity contribution is 6.39. The van der Waals surface area contributed by atoms with Crippen LogP contribution in [0.2, 0.25) is 0 Å². The summed E-state index contributed by atoms with van der Waals surface area (Å²) in [6.07, 6.45) is 0. The van der Waals surface area contributed by atoms with Gasteiger partial charge in [-0.2, -0.15) is 0 Å². The Morgan fingerprint density at radius 2 is 1.77 bits per heavy atom. The van der Waals surface area contributed by atoms with Gasteiger partial charge in [0.1, 0.15) is 0 Å². The zero-order chi connectivity index (χ0) is 9.84. The van der Waals surface area contributed by atoms with E-state index >= 15 is 0 Å². The first-order valence-electron chi connectivity index (χ1n) is 3.40. The molecule has 0 spiro atoms. The Labute approximate surface area is 74.2 Å². The molecule has 4 nitrogen and oxygen atoms in total. The summed E-state index contributed by atoms with van der Waals surface area (Å²) in [5.41, 5.74) is 0.460. The Kier molecular flexibility index (Phi) is 2.41. The summed E-state index contributed by atoms with van der Waals surface area (Å²) in [6.45, 7) is 6.63. The lowest BCUT2D eigenvalue weighted by Gasteiger charge is -1.94. The van der Waals surface area contributed by atoms with E-state index in [1.807, 2.05) is 0 Å². The number of rotatable bonds is 2. The number of nitrogens with zero attached hydrogens (tertiary/aromatic N) is 1.